The van der Waals surface area contributed by atoms with Crippen LogP contribution in [-0.2, 0) is 14.3 Å². The van der Waals surface area contributed by atoms with Gasteiger partial charge in [-0.1, -0.05) is 5.16 Å². The minimum atomic E-state index is -5.66. The highest BCUT2D eigenvalue weighted by atomic mass is 32.2. The van der Waals surface area contributed by atoms with Crippen LogP contribution < -0.4 is 0 Å². The fourth-order valence-electron chi connectivity index (χ4n) is 2.52. The monoisotopic (exact) mass is 273 g/mol. The number of oxime groups is 1. The third-order valence-electron chi connectivity index (χ3n) is 3.26. The molecule has 0 saturated heterocycles. The quantitative estimate of drug-likeness (QED) is 0.359. The van der Waals surface area contributed by atoms with Gasteiger partial charge in [0.25, 0.3) is 0 Å². The lowest BCUT2D eigenvalue weighted by Gasteiger charge is -2.26. The van der Waals surface area contributed by atoms with E-state index >= 15 is 0 Å². The summed E-state index contributed by atoms with van der Waals surface area (Å²) in [7, 11) is -5.66. The number of hydrogen-bond acceptors (Lipinski definition) is 5. The lowest BCUT2D eigenvalue weighted by atomic mass is 9.95. The van der Waals surface area contributed by atoms with Crippen molar-refractivity contribution in [3.05, 3.63) is 0 Å². The standard InChI is InChI=1S/C8H10F3NO4S/c9-8(10,11)17(14,15)16-7-2-1-5(4-7)3-6(7)12-13/h5,13H,1-4H2/b12-6+. The minimum absolute atomic E-state index is 0.0124. The summed E-state index contributed by atoms with van der Waals surface area (Å²) >= 11 is 0. The summed E-state index contributed by atoms with van der Waals surface area (Å²) in [5.41, 5.74) is -7.06. The molecule has 0 amide bonds. The topological polar surface area (TPSA) is 76.0 Å². The van der Waals surface area contributed by atoms with Crippen LogP contribution in [0.3, 0.4) is 0 Å². The average Bonchev–Trinajstić information content (AvgIpc) is 2.70. The van der Waals surface area contributed by atoms with Crippen LogP contribution in [0.4, 0.5) is 13.2 Å². The van der Waals surface area contributed by atoms with E-state index in [0.717, 1.165) is 0 Å². The van der Waals surface area contributed by atoms with E-state index in [1.165, 1.54) is 0 Å². The van der Waals surface area contributed by atoms with Gasteiger partial charge in [-0.15, -0.1) is 0 Å². The van der Waals surface area contributed by atoms with Gasteiger partial charge in [-0.2, -0.15) is 21.6 Å². The molecule has 2 saturated carbocycles. The summed E-state index contributed by atoms with van der Waals surface area (Å²) < 4.78 is 62.9. The number of rotatable bonds is 2. The SMILES string of the molecule is O=S(=O)(OC12CCC(C/C1=N\O)C2)C(F)(F)F. The molecule has 0 aromatic rings. The van der Waals surface area contributed by atoms with Crippen LogP contribution in [0.1, 0.15) is 25.7 Å². The maximum Gasteiger partial charge on any atom is 0.523 e. The number of hydrogen-bond donors (Lipinski definition) is 1. The molecule has 2 rings (SSSR count). The molecule has 0 aliphatic heterocycles. The maximum absolute atomic E-state index is 12.2. The zero-order valence-corrected chi connectivity index (χ0v) is 9.38. The van der Waals surface area contributed by atoms with Crippen molar-refractivity contribution in [2.75, 3.05) is 0 Å². The normalized spacial score (nSPS) is 35.7. The van der Waals surface area contributed by atoms with Crippen molar-refractivity contribution in [2.24, 2.45) is 11.1 Å². The van der Waals surface area contributed by atoms with Crippen molar-refractivity contribution in [3.63, 3.8) is 0 Å². The second kappa shape index (κ2) is 3.58. The van der Waals surface area contributed by atoms with Crippen molar-refractivity contribution in [3.8, 4) is 0 Å². The Morgan fingerprint density at radius 2 is 2.12 bits per heavy atom. The molecule has 5 nitrogen and oxygen atoms in total. The molecule has 2 aliphatic carbocycles. The summed E-state index contributed by atoms with van der Waals surface area (Å²) in [5.74, 6) is 0.0318. The van der Waals surface area contributed by atoms with Crippen molar-refractivity contribution in [2.45, 2.75) is 36.8 Å². The molecule has 98 valence electrons. The number of alkyl halides is 3. The van der Waals surface area contributed by atoms with Crippen molar-refractivity contribution in [1.29, 1.82) is 0 Å². The molecule has 1 N–H and O–H groups in total. The third-order valence-corrected chi connectivity index (χ3v) is 4.36. The first-order valence-electron chi connectivity index (χ1n) is 4.93. The third kappa shape index (κ3) is 1.90. The van der Waals surface area contributed by atoms with Crippen LogP contribution in [0, 0.1) is 5.92 Å². The van der Waals surface area contributed by atoms with E-state index in [2.05, 4.69) is 9.34 Å². The first kappa shape index (κ1) is 12.6. The summed E-state index contributed by atoms with van der Waals surface area (Å²) in [6.07, 6.45) is 1.14. The van der Waals surface area contributed by atoms with Gasteiger partial charge in [0.2, 0.25) is 0 Å². The maximum atomic E-state index is 12.2. The predicted molar refractivity (Wildman–Crippen MR) is 50.0 cm³/mol. The Bertz CT molecular complexity index is 458. The molecular formula is C8H10F3NO4S. The molecule has 2 unspecified atom stereocenters. The van der Waals surface area contributed by atoms with E-state index in [1.807, 2.05) is 0 Å². The molecule has 2 aliphatic rings. The average molecular weight is 273 g/mol. The Hall–Kier alpha value is -0.830. The zero-order valence-electron chi connectivity index (χ0n) is 8.57. The van der Waals surface area contributed by atoms with E-state index in [9.17, 15) is 21.6 Å². The first-order valence-corrected chi connectivity index (χ1v) is 6.34. The Labute approximate surface area is 95.4 Å². The molecule has 2 fully saturated rings. The summed E-state index contributed by atoms with van der Waals surface area (Å²) in [6.45, 7) is 0. The largest absolute Gasteiger partial charge is 0.523 e. The molecule has 0 spiro atoms. The highest BCUT2D eigenvalue weighted by molar-refractivity contribution is 7.87. The van der Waals surface area contributed by atoms with Gasteiger partial charge >= 0.3 is 15.6 Å². The lowest BCUT2D eigenvalue weighted by molar-refractivity contribution is -0.0598. The van der Waals surface area contributed by atoms with E-state index in [-0.39, 0.29) is 30.9 Å². The second-order valence-corrected chi connectivity index (χ2v) is 5.87. The fraction of sp³-hybridized carbons (Fsp3) is 0.875. The van der Waals surface area contributed by atoms with Crippen LogP contribution in [0.5, 0.6) is 0 Å². The van der Waals surface area contributed by atoms with Crippen LogP contribution in [0.2, 0.25) is 0 Å². The van der Waals surface area contributed by atoms with Crippen molar-refractivity contribution in [1.82, 2.24) is 0 Å². The molecule has 0 aromatic heterocycles. The van der Waals surface area contributed by atoms with E-state index in [1.54, 1.807) is 0 Å². The molecule has 0 aromatic carbocycles. The second-order valence-electron chi connectivity index (χ2n) is 4.34. The number of fused-ring (bicyclic) bond motifs is 2. The molecule has 0 heterocycles. The number of halogens is 3. The van der Waals surface area contributed by atoms with Gasteiger partial charge in [0.15, 0.2) is 0 Å². The minimum Gasteiger partial charge on any atom is -0.411 e. The first-order chi connectivity index (χ1) is 7.70. The highest BCUT2D eigenvalue weighted by Crippen LogP contribution is 2.50. The Kier molecular flexibility index (Phi) is 2.66. The zero-order chi connectivity index (χ0) is 12.9. The Morgan fingerprint density at radius 1 is 1.47 bits per heavy atom. The lowest BCUT2D eigenvalue weighted by Crippen LogP contribution is -2.42. The molecule has 9 heteroatoms. The summed E-state index contributed by atoms with van der Waals surface area (Å²) in [4.78, 5) is 0. The summed E-state index contributed by atoms with van der Waals surface area (Å²) in [6, 6.07) is 0. The molecule has 0 radical (unpaired) electrons. The molecule has 17 heavy (non-hydrogen) atoms. The Balaban J connectivity index is 2.30. The van der Waals surface area contributed by atoms with Gasteiger partial charge in [0.05, 0.1) is 5.71 Å². The van der Waals surface area contributed by atoms with Gasteiger partial charge < -0.3 is 5.21 Å². The molecular weight excluding hydrogens is 263 g/mol. The summed E-state index contributed by atoms with van der Waals surface area (Å²) in [5, 5.41) is 11.6. The van der Waals surface area contributed by atoms with Gasteiger partial charge in [-0.3, -0.25) is 4.18 Å². The molecule has 2 atom stereocenters. The smallest absolute Gasteiger partial charge is 0.411 e. The van der Waals surface area contributed by atoms with E-state index in [0.29, 0.717) is 6.42 Å². The predicted octanol–water partition coefficient (Wildman–Crippen LogP) is 1.63. The van der Waals surface area contributed by atoms with Crippen molar-refractivity contribution >= 4 is 15.8 Å². The van der Waals surface area contributed by atoms with Gasteiger partial charge in [-0.05, 0) is 31.6 Å². The Morgan fingerprint density at radius 3 is 2.59 bits per heavy atom. The van der Waals surface area contributed by atoms with E-state index in [4.69, 9.17) is 5.21 Å². The molecule has 2 bridgehead atoms. The van der Waals surface area contributed by atoms with Crippen LogP contribution in [0.15, 0.2) is 5.16 Å². The fourth-order valence-corrected chi connectivity index (χ4v) is 3.28. The van der Waals surface area contributed by atoms with Crippen molar-refractivity contribution < 1.29 is 31.0 Å². The van der Waals surface area contributed by atoms with Crippen LogP contribution >= 0.6 is 0 Å². The number of nitrogens with zero attached hydrogens (tertiary/aromatic N) is 1. The van der Waals surface area contributed by atoms with E-state index < -0.39 is 21.2 Å². The van der Waals surface area contributed by atoms with Gasteiger partial charge in [-0.25, -0.2) is 0 Å². The van der Waals surface area contributed by atoms with Crippen LogP contribution in [0.25, 0.3) is 0 Å². The van der Waals surface area contributed by atoms with Crippen LogP contribution in [-0.4, -0.2) is 30.4 Å². The highest BCUT2D eigenvalue weighted by Gasteiger charge is 2.59. The van der Waals surface area contributed by atoms with Gasteiger partial charge in [0, 0.05) is 0 Å². The van der Waals surface area contributed by atoms with Gasteiger partial charge in [0.1, 0.15) is 5.60 Å².